The van der Waals surface area contributed by atoms with Gasteiger partial charge in [0.25, 0.3) is 0 Å². The molecule has 2 atom stereocenters. The summed E-state index contributed by atoms with van der Waals surface area (Å²) in [5.41, 5.74) is 15.5. The van der Waals surface area contributed by atoms with Crippen LogP contribution in [0, 0.1) is 0 Å². The van der Waals surface area contributed by atoms with Crippen molar-refractivity contribution in [2.75, 3.05) is 0 Å². The number of hydrogen-bond acceptors (Lipinski definition) is 2. The molecule has 0 saturated carbocycles. The van der Waals surface area contributed by atoms with E-state index in [1.807, 2.05) is 0 Å². The van der Waals surface area contributed by atoms with Gasteiger partial charge in [-0.1, -0.05) is 170 Å². The third-order valence-electron chi connectivity index (χ3n) is 15.1. The summed E-state index contributed by atoms with van der Waals surface area (Å²) in [7, 11) is 0. The smallest absolute Gasteiger partial charge is 0.235 e. The van der Waals surface area contributed by atoms with Crippen LogP contribution in [0.2, 0.25) is 0 Å². The van der Waals surface area contributed by atoms with E-state index in [9.17, 15) is 0 Å². The molecule has 3 aliphatic carbocycles. The van der Waals surface area contributed by atoms with Crippen LogP contribution in [0.3, 0.4) is 0 Å². The molecule has 0 spiro atoms. The summed E-state index contributed by atoms with van der Waals surface area (Å²) in [4.78, 5) is 10.8. The number of aromatic nitrogens is 4. The van der Waals surface area contributed by atoms with Gasteiger partial charge >= 0.3 is 0 Å². The van der Waals surface area contributed by atoms with Crippen molar-refractivity contribution in [2.45, 2.75) is 24.7 Å². The first-order chi connectivity index (χ1) is 33.7. The fourth-order valence-electron chi connectivity index (χ4n) is 12.1. The molecule has 0 aliphatic heterocycles. The Kier molecular flexibility index (Phi) is 7.99. The zero-order valence-electron chi connectivity index (χ0n) is 37.1. The Morgan fingerprint density at radius 2 is 1.06 bits per heavy atom. The van der Waals surface area contributed by atoms with Gasteiger partial charge in [-0.3, -0.25) is 4.57 Å². The average molecular weight is 867 g/mol. The number of para-hydroxylation sites is 2. The summed E-state index contributed by atoms with van der Waals surface area (Å²) in [5.74, 6) is 1.51. The molecule has 68 heavy (non-hydrogen) atoms. The first kappa shape index (κ1) is 37.6. The second-order valence-electron chi connectivity index (χ2n) is 18.7. The van der Waals surface area contributed by atoms with Crippen LogP contribution in [0.25, 0.3) is 122 Å². The quantitative estimate of drug-likeness (QED) is 0.173. The Bertz CT molecular complexity index is 4290. The van der Waals surface area contributed by atoms with Crippen LogP contribution in [0.4, 0.5) is 0 Å². The van der Waals surface area contributed by atoms with Gasteiger partial charge in [-0.25, -0.2) is 9.97 Å². The maximum absolute atomic E-state index is 5.51. The molecule has 2 unspecified atom stereocenters. The van der Waals surface area contributed by atoms with E-state index in [0.717, 1.165) is 51.4 Å². The molecule has 0 bridgehead atoms. The lowest BCUT2D eigenvalue weighted by Gasteiger charge is -2.17. The van der Waals surface area contributed by atoms with Gasteiger partial charge in [0, 0.05) is 49.9 Å². The van der Waals surface area contributed by atoms with Gasteiger partial charge < -0.3 is 4.57 Å². The topological polar surface area (TPSA) is 35.6 Å². The van der Waals surface area contributed by atoms with Crippen LogP contribution in [-0.4, -0.2) is 19.1 Å². The molecular weight excluding hydrogens is 825 g/mol. The van der Waals surface area contributed by atoms with Crippen molar-refractivity contribution >= 4 is 77.3 Å². The van der Waals surface area contributed by atoms with Crippen LogP contribution in [-0.2, 0) is 0 Å². The molecule has 3 aromatic heterocycles. The molecule has 3 heterocycles. The molecule has 0 amide bonds. The Balaban J connectivity index is 0.864. The number of hydrogen-bond donors (Lipinski definition) is 0. The predicted octanol–water partition coefficient (Wildman–Crippen LogP) is 14.6. The number of rotatable bonds is 5. The van der Waals surface area contributed by atoms with Gasteiger partial charge in [0.2, 0.25) is 5.95 Å². The van der Waals surface area contributed by atoms with Gasteiger partial charge in [0.15, 0.2) is 0 Å². The monoisotopic (exact) mass is 866 g/mol. The molecule has 318 valence electrons. The van der Waals surface area contributed by atoms with Crippen LogP contribution >= 0.6 is 0 Å². The van der Waals surface area contributed by atoms with E-state index in [0.29, 0.717) is 17.8 Å². The molecule has 0 fully saturated rings. The number of fused-ring (bicyclic) bond motifs is 12. The summed E-state index contributed by atoms with van der Waals surface area (Å²) in [5, 5.41) is 12.2. The highest BCUT2D eigenvalue weighted by Gasteiger charge is 2.32. The molecule has 0 N–H and O–H groups in total. The molecule has 9 aromatic carbocycles. The zero-order valence-corrected chi connectivity index (χ0v) is 37.1. The standard InChI is InChI=1S/C64H42N4/c1-2-14-44(15-3-1)67-59-35-31-43(38-55(59)62-46-16-5-4-13-39(46)29-36-60(62)67)42-30-34-58-54(37-42)49-19-9-11-24-57(49)68(58)64-65-56-23-10-8-20-53(56)63(66-64)41-27-25-40(26-28-41)45-32-33-52-48-18-7-6-17-47(48)51-22-12-21-50(45)61(51)52/h1-7,9,11-38,47-48H,8,10H2. The summed E-state index contributed by atoms with van der Waals surface area (Å²) < 4.78 is 4.68. The summed E-state index contributed by atoms with van der Waals surface area (Å²) in [6.07, 6.45) is 15.7. The van der Waals surface area contributed by atoms with Gasteiger partial charge in [-0.15, -0.1) is 0 Å². The molecule has 0 saturated heterocycles. The largest absolute Gasteiger partial charge is 0.309 e. The molecular formula is C64H42N4. The van der Waals surface area contributed by atoms with Crippen LogP contribution < -0.4 is 10.6 Å². The lowest BCUT2D eigenvalue weighted by Crippen LogP contribution is -2.34. The van der Waals surface area contributed by atoms with Crippen molar-refractivity contribution in [3.63, 3.8) is 0 Å². The Morgan fingerprint density at radius 3 is 1.90 bits per heavy atom. The third-order valence-corrected chi connectivity index (χ3v) is 15.1. The average Bonchev–Trinajstić information content (AvgIpc) is 4.05. The minimum atomic E-state index is 0.413. The van der Waals surface area contributed by atoms with E-state index >= 15 is 0 Å². The second-order valence-corrected chi connectivity index (χ2v) is 18.7. The van der Waals surface area contributed by atoms with Crippen molar-refractivity contribution in [3.8, 4) is 45.1 Å². The van der Waals surface area contributed by atoms with Crippen molar-refractivity contribution in [1.29, 1.82) is 0 Å². The maximum atomic E-state index is 5.51. The molecule has 15 rings (SSSR count). The lowest BCUT2D eigenvalue weighted by atomic mass is 9.86. The minimum Gasteiger partial charge on any atom is -0.309 e. The molecule has 0 radical (unpaired) electrons. The van der Waals surface area contributed by atoms with Crippen molar-refractivity contribution in [1.82, 2.24) is 19.1 Å². The van der Waals surface area contributed by atoms with Crippen LogP contribution in [0.5, 0.6) is 0 Å². The molecule has 4 heteroatoms. The van der Waals surface area contributed by atoms with Crippen molar-refractivity contribution in [2.24, 2.45) is 0 Å². The minimum absolute atomic E-state index is 0.413. The number of nitrogens with zero attached hydrogens (tertiary/aromatic N) is 4. The number of allylic oxidation sites excluding steroid dienone is 4. The van der Waals surface area contributed by atoms with E-state index in [2.05, 4.69) is 228 Å². The second kappa shape index (κ2) is 14.4. The first-order valence-electron chi connectivity index (χ1n) is 23.9. The van der Waals surface area contributed by atoms with Crippen molar-refractivity contribution < 1.29 is 0 Å². The number of benzene rings is 9. The Hall–Kier alpha value is -8.60. The van der Waals surface area contributed by atoms with E-state index in [4.69, 9.17) is 9.97 Å². The van der Waals surface area contributed by atoms with Gasteiger partial charge in [0.05, 0.1) is 33.1 Å². The van der Waals surface area contributed by atoms with Crippen molar-refractivity contribution in [3.05, 3.63) is 228 Å². The summed E-state index contributed by atoms with van der Waals surface area (Å²) >= 11 is 0. The van der Waals surface area contributed by atoms with Gasteiger partial charge in [-0.05, 0) is 116 Å². The van der Waals surface area contributed by atoms with Crippen LogP contribution in [0.1, 0.15) is 35.8 Å². The van der Waals surface area contributed by atoms with E-state index in [1.54, 1.807) is 0 Å². The van der Waals surface area contributed by atoms with Crippen LogP contribution in [0.15, 0.2) is 206 Å². The van der Waals surface area contributed by atoms with Gasteiger partial charge in [-0.2, -0.15) is 0 Å². The van der Waals surface area contributed by atoms with Gasteiger partial charge in [0.1, 0.15) is 0 Å². The normalized spacial score (nSPS) is 15.9. The highest BCUT2D eigenvalue weighted by molar-refractivity contribution is 6.22. The van der Waals surface area contributed by atoms with E-state index < -0.39 is 0 Å². The highest BCUT2D eigenvalue weighted by atomic mass is 15.2. The van der Waals surface area contributed by atoms with E-state index in [1.165, 1.54) is 87.5 Å². The zero-order chi connectivity index (χ0) is 44.5. The first-order valence-corrected chi connectivity index (χ1v) is 23.9. The lowest BCUT2D eigenvalue weighted by molar-refractivity contribution is 0.769. The SMILES string of the molecule is C1=CC2c3cccc4c(-c5ccc(-c6nc(-n7c8ccccc8c8cc(-c9ccc%10c(c9)c9c%11ccccc%11ccc9n%10-c9ccccc9)ccc87)nc7c6=CCCC=7)cc5)ccc(c34)C2C=C1. The molecule has 12 aromatic rings. The Labute approximate surface area is 392 Å². The highest BCUT2D eigenvalue weighted by Crippen LogP contribution is 2.51. The predicted molar refractivity (Wildman–Crippen MR) is 283 cm³/mol. The third kappa shape index (κ3) is 5.43. The summed E-state index contributed by atoms with van der Waals surface area (Å²) in [6.45, 7) is 0. The van der Waals surface area contributed by atoms with E-state index in [-0.39, 0.29) is 0 Å². The Morgan fingerprint density at radius 1 is 0.412 bits per heavy atom. The summed E-state index contributed by atoms with van der Waals surface area (Å²) in [6, 6.07) is 67.2. The molecule has 4 nitrogen and oxygen atoms in total. The fourth-order valence-corrected chi connectivity index (χ4v) is 12.1. The fraction of sp³-hybridized carbons (Fsp3) is 0.0625. The molecule has 3 aliphatic rings. The maximum Gasteiger partial charge on any atom is 0.235 e.